The minimum Gasteiger partial charge on any atom is -0.353 e. The molecule has 5 heteroatoms. The summed E-state index contributed by atoms with van der Waals surface area (Å²) < 4.78 is 14.0. The lowest BCUT2D eigenvalue weighted by Crippen LogP contribution is -2.52. The fraction of sp³-hybridized carbons (Fsp3) is 0.300. The molecule has 25 heavy (non-hydrogen) atoms. The van der Waals surface area contributed by atoms with Gasteiger partial charge < -0.3 is 4.90 Å². The summed E-state index contributed by atoms with van der Waals surface area (Å²) in [4.78, 5) is 13.2. The minimum atomic E-state index is -0.295. The molecular formula is C20H21FN4. The third kappa shape index (κ3) is 3.20. The van der Waals surface area contributed by atoms with Crippen LogP contribution in [0.4, 0.5) is 10.2 Å². The topological polar surface area (TPSA) is 32.3 Å². The van der Waals surface area contributed by atoms with Crippen molar-refractivity contribution in [1.82, 2.24) is 14.9 Å². The Balaban J connectivity index is 1.62. The molecule has 1 unspecified atom stereocenters. The van der Waals surface area contributed by atoms with Crippen LogP contribution in [0, 0.1) is 5.82 Å². The Labute approximate surface area is 146 Å². The van der Waals surface area contributed by atoms with Gasteiger partial charge in [-0.2, -0.15) is 0 Å². The molecule has 4 nitrogen and oxygen atoms in total. The molecule has 0 N–H and O–H groups in total. The van der Waals surface area contributed by atoms with Crippen LogP contribution in [0.25, 0.3) is 10.9 Å². The van der Waals surface area contributed by atoms with Gasteiger partial charge in [0.25, 0.3) is 0 Å². The van der Waals surface area contributed by atoms with Crippen molar-refractivity contribution in [3.05, 3.63) is 66.2 Å². The molecule has 4 rings (SSSR count). The summed E-state index contributed by atoms with van der Waals surface area (Å²) in [6, 6.07) is 16.0. The minimum absolute atomic E-state index is 0.295. The molecule has 0 amide bonds. The SMILES string of the molecule is CN1CCN(c2ncnc3c(F)cccc23)CC1Cc1ccccc1. The van der Waals surface area contributed by atoms with Crippen LogP contribution in [0.2, 0.25) is 0 Å². The van der Waals surface area contributed by atoms with E-state index in [0.717, 1.165) is 37.3 Å². The zero-order valence-corrected chi connectivity index (χ0v) is 14.3. The van der Waals surface area contributed by atoms with Crippen molar-refractivity contribution < 1.29 is 4.39 Å². The fourth-order valence-corrected chi connectivity index (χ4v) is 3.53. The lowest BCUT2D eigenvalue weighted by atomic mass is 10.0. The summed E-state index contributed by atoms with van der Waals surface area (Å²) in [7, 11) is 2.17. The number of anilines is 1. The van der Waals surface area contributed by atoms with E-state index < -0.39 is 0 Å². The normalized spacial score (nSPS) is 18.6. The predicted octanol–water partition coefficient (Wildman–Crippen LogP) is 3.13. The predicted molar refractivity (Wildman–Crippen MR) is 98.3 cm³/mol. The van der Waals surface area contributed by atoms with Gasteiger partial charge >= 0.3 is 0 Å². The lowest BCUT2D eigenvalue weighted by Gasteiger charge is -2.40. The van der Waals surface area contributed by atoms with E-state index in [1.54, 1.807) is 6.07 Å². The fourth-order valence-electron chi connectivity index (χ4n) is 3.53. The van der Waals surface area contributed by atoms with E-state index in [-0.39, 0.29) is 5.82 Å². The first-order chi connectivity index (χ1) is 12.2. The number of piperazine rings is 1. The van der Waals surface area contributed by atoms with E-state index in [1.807, 2.05) is 12.1 Å². The van der Waals surface area contributed by atoms with Gasteiger partial charge in [-0.05, 0) is 31.2 Å². The number of aromatic nitrogens is 2. The van der Waals surface area contributed by atoms with Crippen molar-refractivity contribution in [3.63, 3.8) is 0 Å². The third-order valence-electron chi connectivity index (χ3n) is 4.99. The standard InChI is InChI=1S/C20H21FN4/c1-24-10-11-25(13-16(24)12-15-6-3-2-4-7-15)20-17-8-5-9-18(21)19(17)22-14-23-20/h2-9,14,16H,10-13H2,1H3. The molecule has 1 aliphatic rings. The van der Waals surface area contributed by atoms with Crippen molar-refractivity contribution >= 4 is 16.7 Å². The van der Waals surface area contributed by atoms with Crippen molar-refractivity contribution in [2.24, 2.45) is 0 Å². The number of para-hydroxylation sites is 1. The number of nitrogens with zero attached hydrogens (tertiary/aromatic N) is 4. The van der Waals surface area contributed by atoms with Crippen LogP contribution in [0.5, 0.6) is 0 Å². The molecule has 0 saturated carbocycles. The molecule has 0 radical (unpaired) electrons. The molecule has 1 saturated heterocycles. The second-order valence-electron chi connectivity index (χ2n) is 6.60. The van der Waals surface area contributed by atoms with E-state index in [4.69, 9.17) is 0 Å². The van der Waals surface area contributed by atoms with E-state index in [9.17, 15) is 4.39 Å². The third-order valence-corrected chi connectivity index (χ3v) is 4.99. The van der Waals surface area contributed by atoms with Gasteiger partial charge in [-0.1, -0.05) is 36.4 Å². The Morgan fingerprint density at radius 1 is 1.04 bits per heavy atom. The maximum absolute atomic E-state index is 14.0. The maximum atomic E-state index is 14.0. The Hall–Kier alpha value is -2.53. The van der Waals surface area contributed by atoms with Gasteiger partial charge in [0.2, 0.25) is 0 Å². The summed E-state index contributed by atoms with van der Waals surface area (Å²) in [5.41, 5.74) is 1.73. The molecule has 1 atom stereocenters. The van der Waals surface area contributed by atoms with E-state index in [2.05, 4.69) is 51.1 Å². The molecule has 2 heterocycles. The average molecular weight is 336 g/mol. The van der Waals surface area contributed by atoms with Crippen LogP contribution < -0.4 is 4.90 Å². The highest BCUT2D eigenvalue weighted by atomic mass is 19.1. The van der Waals surface area contributed by atoms with Crippen LogP contribution >= 0.6 is 0 Å². The summed E-state index contributed by atoms with van der Waals surface area (Å²) in [5, 5.41) is 0.783. The van der Waals surface area contributed by atoms with Crippen LogP contribution in [0.15, 0.2) is 54.9 Å². The van der Waals surface area contributed by atoms with Gasteiger partial charge in [0.15, 0.2) is 0 Å². The smallest absolute Gasteiger partial charge is 0.149 e. The molecule has 3 aromatic rings. The van der Waals surface area contributed by atoms with E-state index in [1.165, 1.54) is 18.0 Å². The van der Waals surface area contributed by atoms with Gasteiger partial charge in [-0.3, -0.25) is 4.90 Å². The van der Waals surface area contributed by atoms with Gasteiger partial charge in [-0.15, -0.1) is 0 Å². The maximum Gasteiger partial charge on any atom is 0.149 e. The number of rotatable bonds is 3. The largest absolute Gasteiger partial charge is 0.353 e. The molecule has 1 fully saturated rings. The molecule has 2 aromatic carbocycles. The van der Waals surface area contributed by atoms with Crippen molar-refractivity contribution in [3.8, 4) is 0 Å². The first-order valence-electron chi connectivity index (χ1n) is 8.61. The van der Waals surface area contributed by atoms with Gasteiger partial charge in [-0.25, -0.2) is 14.4 Å². The van der Waals surface area contributed by atoms with Crippen molar-refractivity contribution in [1.29, 1.82) is 0 Å². The number of hydrogen-bond acceptors (Lipinski definition) is 4. The van der Waals surface area contributed by atoms with Crippen LogP contribution in [-0.4, -0.2) is 47.6 Å². The Kier molecular flexibility index (Phi) is 4.32. The van der Waals surface area contributed by atoms with Gasteiger partial charge in [0.1, 0.15) is 23.5 Å². The average Bonchev–Trinajstić information content (AvgIpc) is 2.64. The van der Waals surface area contributed by atoms with Crippen LogP contribution in [0.3, 0.4) is 0 Å². The number of likely N-dealkylation sites (N-methyl/N-ethyl adjacent to an activating group) is 1. The first-order valence-corrected chi connectivity index (χ1v) is 8.61. The van der Waals surface area contributed by atoms with Crippen LogP contribution in [0.1, 0.15) is 5.56 Å². The van der Waals surface area contributed by atoms with Gasteiger partial charge in [0, 0.05) is 31.1 Å². The highest BCUT2D eigenvalue weighted by molar-refractivity contribution is 5.89. The zero-order chi connectivity index (χ0) is 17.2. The molecule has 0 aliphatic carbocycles. The second-order valence-corrected chi connectivity index (χ2v) is 6.60. The second kappa shape index (κ2) is 6.76. The Bertz CT molecular complexity index is 868. The van der Waals surface area contributed by atoms with E-state index in [0.29, 0.717) is 11.6 Å². The lowest BCUT2D eigenvalue weighted by molar-refractivity contribution is 0.217. The number of hydrogen-bond donors (Lipinski definition) is 0. The summed E-state index contributed by atoms with van der Waals surface area (Å²) >= 11 is 0. The summed E-state index contributed by atoms with van der Waals surface area (Å²) in [6.07, 6.45) is 2.45. The Morgan fingerprint density at radius 3 is 2.72 bits per heavy atom. The zero-order valence-electron chi connectivity index (χ0n) is 14.3. The monoisotopic (exact) mass is 336 g/mol. The van der Waals surface area contributed by atoms with Crippen molar-refractivity contribution in [2.45, 2.75) is 12.5 Å². The van der Waals surface area contributed by atoms with E-state index >= 15 is 0 Å². The highest BCUT2D eigenvalue weighted by Crippen LogP contribution is 2.26. The summed E-state index contributed by atoms with van der Waals surface area (Å²) in [6.45, 7) is 2.71. The van der Waals surface area contributed by atoms with Crippen LogP contribution in [-0.2, 0) is 6.42 Å². The number of benzene rings is 2. The molecule has 1 aromatic heterocycles. The number of halogens is 1. The summed E-state index contributed by atoms with van der Waals surface area (Å²) in [5.74, 6) is 0.534. The quantitative estimate of drug-likeness (QED) is 0.736. The Morgan fingerprint density at radius 2 is 1.88 bits per heavy atom. The number of fused-ring (bicyclic) bond motifs is 1. The molecule has 1 aliphatic heterocycles. The molecule has 0 bridgehead atoms. The first kappa shape index (κ1) is 16.0. The van der Waals surface area contributed by atoms with Crippen molar-refractivity contribution in [2.75, 3.05) is 31.6 Å². The molecular weight excluding hydrogens is 315 g/mol. The molecule has 128 valence electrons. The molecule has 0 spiro atoms. The highest BCUT2D eigenvalue weighted by Gasteiger charge is 2.26. The van der Waals surface area contributed by atoms with Gasteiger partial charge in [0.05, 0.1) is 0 Å².